The van der Waals surface area contributed by atoms with E-state index in [4.69, 9.17) is 0 Å². The van der Waals surface area contributed by atoms with E-state index in [1.807, 2.05) is 24.0 Å². The van der Waals surface area contributed by atoms with Gasteiger partial charge in [-0.05, 0) is 75.4 Å². The largest absolute Gasteiger partial charge is 0.354 e. The maximum Gasteiger partial charge on any atom is 0.257 e. The maximum absolute atomic E-state index is 13.8. The molecule has 0 bridgehead atoms. The third-order valence-electron chi connectivity index (χ3n) is 5.89. The van der Waals surface area contributed by atoms with Gasteiger partial charge in [0, 0.05) is 35.6 Å². The van der Waals surface area contributed by atoms with Crippen molar-refractivity contribution >= 4 is 28.3 Å². The van der Waals surface area contributed by atoms with E-state index in [-0.39, 0.29) is 17.8 Å². The number of piperidine rings is 1. The summed E-state index contributed by atoms with van der Waals surface area (Å²) < 4.78 is 13.8. The second-order valence-electron chi connectivity index (χ2n) is 8.02. The lowest BCUT2D eigenvalue weighted by Gasteiger charge is -2.35. The monoisotopic (exact) mass is 406 g/mol. The molecule has 0 aliphatic carbocycles. The molecule has 156 valence electrons. The zero-order valence-electron chi connectivity index (χ0n) is 17.7. The minimum absolute atomic E-state index is 0.0159. The van der Waals surface area contributed by atoms with Gasteiger partial charge >= 0.3 is 0 Å². The minimum atomic E-state index is -0.257. The number of carbonyl (C=O) groups is 1. The van der Waals surface area contributed by atoms with Gasteiger partial charge in [0.15, 0.2) is 5.65 Å². The van der Waals surface area contributed by atoms with Crippen LogP contribution in [0.25, 0.3) is 11.0 Å². The van der Waals surface area contributed by atoms with E-state index in [0.29, 0.717) is 22.5 Å². The summed E-state index contributed by atoms with van der Waals surface area (Å²) in [6, 6.07) is 8.96. The van der Waals surface area contributed by atoms with Gasteiger partial charge in [-0.2, -0.15) is 0 Å². The van der Waals surface area contributed by atoms with Crippen molar-refractivity contribution in [3.63, 3.8) is 0 Å². The van der Waals surface area contributed by atoms with E-state index in [9.17, 15) is 9.18 Å². The number of nitrogens with one attached hydrogen (secondary N) is 1. The second kappa shape index (κ2) is 8.38. The molecule has 0 radical (unpaired) electrons. The Morgan fingerprint density at radius 2 is 2.07 bits per heavy atom. The van der Waals surface area contributed by atoms with Crippen molar-refractivity contribution in [2.24, 2.45) is 0 Å². The van der Waals surface area contributed by atoms with Gasteiger partial charge in [-0.15, -0.1) is 0 Å². The number of anilines is 2. The number of aromatic nitrogens is 2. The van der Waals surface area contributed by atoms with Crippen molar-refractivity contribution in [1.29, 1.82) is 0 Å². The third kappa shape index (κ3) is 3.86. The van der Waals surface area contributed by atoms with Gasteiger partial charge in [-0.1, -0.05) is 6.92 Å². The van der Waals surface area contributed by atoms with Gasteiger partial charge in [0.1, 0.15) is 5.82 Å². The Hall–Kier alpha value is -3.02. The highest BCUT2D eigenvalue weighted by Gasteiger charge is 2.28. The summed E-state index contributed by atoms with van der Waals surface area (Å²) in [5.41, 5.74) is 3.90. The first-order chi connectivity index (χ1) is 14.5. The highest BCUT2D eigenvalue weighted by atomic mass is 19.1. The Morgan fingerprint density at radius 3 is 2.83 bits per heavy atom. The number of halogens is 1. The Bertz CT molecular complexity index is 1100. The zero-order valence-corrected chi connectivity index (χ0v) is 17.7. The highest BCUT2D eigenvalue weighted by molar-refractivity contribution is 6.07. The second-order valence-corrected chi connectivity index (χ2v) is 8.02. The summed E-state index contributed by atoms with van der Waals surface area (Å²) in [5.74, 6) is -0.273. The third-order valence-corrected chi connectivity index (χ3v) is 5.89. The first-order valence-corrected chi connectivity index (χ1v) is 10.6. The highest BCUT2D eigenvalue weighted by Crippen LogP contribution is 2.32. The molecule has 0 saturated carbocycles. The van der Waals surface area contributed by atoms with Crippen molar-refractivity contribution < 1.29 is 9.18 Å². The maximum atomic E-state index is 13.8. The fourth-order valence-electron chi connectivity index (χ4n) is 4.18. The van der Waals surface area contributed by atoms with Crippen LogP contribution < -0.4 is 5.32 Å². The standard InChI is InChI=1S/C24H27FN4O/c1-4-18-7-5-6-12-29(18)24(30)20-14-26-23-19(10-8-16(3)27-23)22(20)28-17-9-11-21(25)15(2)13-17/h8-11,13-14,18H,4-7,12H2,1-3H3,(H,26,27,28)/t18-/m0/s1. The van der Waals surface area contributed by atoms with Crippen LogP contribution in [0.1, 0.15) is 54.2 Å². The number of benzene rings is 1. The molecule has 3 aromatic rings. The van der Waals surface area contributed by atoms with Crippen LogP contribution >= 0.6 is 0 Å². The topological polar surface area (TPSA) is 58.1 Å². The first kappa shape index (κ1) is 20.3. The van der Waals surface area contributed by atoms with Gasteiger partial charge in [0.05, 0.1) is 11.3 Å². The lowest BCUT2D eigenvalue weighted by atomic mass is 9.98. The number of likely N-dealkylation sites (tertiary alicyclic amines) is 1. The molecule has 4 rings (SSSR count). The van der Waals surface area contributed by atoms with Crippen LogP contribution in [0.2, 0.25) is 0 Å². The summed E-state index contributed by atoms with van der Waals surface area (Å²) in [6.07, 6.45) is 5.76. The van der Waals surface area contributed by atoms with Crippen LogP contribution in [0.5, 0.6) is 0 Å². The van der Waals surface area contributed by atoms with Crippen molar-refractivity contribution in [3.05, 3.63) is 59.2 Å². The fourth-order valence-corrected chi connectivity index (χ4v) is 4.18. The number of pyridine rings is 2. The molecule has 1 amide bonds. The van der Waals surface area contributed by atoms with Crippen molar-refractivity contribution in [2.75, 3.05) is 11.9 Å². The molecule has 1 aromatic carbocycles. The van der Waals surface area contributed by atoms with Gasteiger partial charge < -0.3 is 10.2 Å². The molecule has 1 N–H and O–H groups in total. The Balaban J connectivity index is 1.82. The smallest absolute Gasteiger partial charge is 0.257 e. The van der Waals surface area contributed by atoms with Gasteiger partial charge in [0.2, 0.25) is 0 Å². The number of nitrogens with zero attached hydrogens (tertiary/aromatic N) is 3. The van der Waals surface area contributed by atoms with Crippen LogP contribution in [0, 0.1) is 19.7 Å². The summed E-state index contributed by atoms with van der Waals surface area (Å²) in [7, 11) is 0. The molecule has 2 aromatic heterocycles. The van der Waals surface area contributed by atoms with E-state index >= 15 is 0 Å². The molecule has 1 atom stereocenters. The number of fused-ring (bicyclic) bond motifs is 1. The predicted molar refractivity (Wildman–Crippen MR) is 118 cm³/mol. The molecular formula is C24H27FN4O. The number of rotatable bonds is 4. The molecule has 0 unspecified atom stereocenters. The van der Waals surface area contributed by atoms with E-state index in [1.54, 1.807) is 25.3 Å². The zero-order chi connectivity index (χ0) is 21.3. The number of hydrogen-bond acceptors (Lipinski definition) is 4. The number of amides is 1. The van der Waals surface area contributed by atoms with Crippen molar-refractivity contribution in [1.82, 2.24) is 14.9 Å². The summed E-state index contributed by atoms with van der Waals surface area (Å²) in [6.45, 7) is 6.52. The molecule has 1 saturated heterocycles. The molecule has 30 heavy (non-hydrogen) atoms. The molecule has 0 spiro atoms. The molecule has 1 aliphatic rings. The van der Waals surface area contributed by atoms with Crippen LogP contribution in [-0.4, -0.2) is 33.4 Å². The van der Waals surface area contributed by atoms with Gasteiger partial charge in [0.25, 0.3) is 5.91 Å². The van der Waals surface area contributed by atoms with Gasteiger partial charge in [-0.25, -0.2) is 14.4 Å². The predicted octanol–water partition coefficient (Wildman–Crippen LogP) is 5.53. The van der Waals surface area contributed by atoms with Crippen LogP contribution in [0.15, 0.2) is 36.5 Å². The Kier molecular flexibility index (Phi) is 5.66. The lowest BCUT2D eigenvalue weighted by Crippen LogP contribution is -2.43. The normalized spacial score (nSPS) is 16.7. The average molecular weight is 407 g/mol. The SMILES string of the molecule is CC[C@H]1CCCCN1C(=O)c1cnc2nc(C)ccc2c1Nc1ccc(F)c(C)c1. The molecule has 1 fully saturated rings. The van der Waals surface area contributed by atoms with E-state index < -0.39 is 0 Å². The molecule has 6 heteroatoms. The average Bonchev–Trinajstić information content (AvgIpc) is 2.75. The van der Waals surface area contributed by atoms with Crippen LogP contribution in [0.4, 0.5) is 15.8 Å². The summed E-state index contributed by atoms with van der Waals surface area (Å²) in [4.78, 5) is 24.6. The summed E-state index contributed by atoms with van der Waals surface area (Å²) in [5, 5.41) is 4.14. The van der Waals surface area contributed by atoms with Crippen LogP contribution in [-0.2, 0) is 0 Å². The van der Waals surface area contributed by atoms with E-state index in [1.165, 1.54) is 6.07 Å². The molecule has 5 nitrogen and oxygen atoms in total. The van der Waals surface area contributed by atoms with Crippen molar-refractivity contribution in [3.8, 4) is 0 Å². The molecule has 3 heterocycles. The number of hydrogen-bond donors (Lipinski definition) is 1. The van der Waals surface area contributed by atoms with E-state index in [2.05, 4.69) is 22.2 Å². The minimum Gasteiger partial charge on any atom is -0.354 e. The van der Waals surface area contributed by atoms with E-state index in [0.717, 1.165) is 49.0 Å². The number of carbonyl (C=O) groups excluding carboxylic acids is 1. The van der Waals surface area contributed by atoms with Gasteiger partial charge in [-0.3, -0.25) is 4.79 Å². The summed E-state index contributed by atoms with van der Waals surface area (Å²) >= 11 is 0. The molecular weight excluding hydrogens is 379 g/mol. The quantitative estimate of drug-likeness (QED) is 0.619. The first-order valence-electron chi connectivity index (χ1n) is 10.6. The fraction of sp³-hybridized carbons (Fsp3) is 0.375. The van der Waals surface area contributed by atoms with Crippen molar-refractivity contribution in [2.45, 2.75) is 52.5 Å². The Labute approximate surface area is 176 Å². The van der Waals surface area contributed by atoms with Crippen LogP contribution in [0.3, 0.4) is 0 Å². The number of aryl methyl sites for hydroxylation is 2. The Morgan fingerprint density at radius 1 is 1.23 bits per heavy atom. The molecule has 1 aliphatic heterocycles. The lowest BCUT2D eigenvalue weighted by molar-refractivity contribution is 0.0609.